The number of nitriles is 2. The monoisotopic (exact) mass is 346 g/mol. The Bertz CT molecular complexity index is 538. The molecule has 0 N–H and O–H groups in total. The summed E-state index contributed by atoms with van der Waals surface area (Å²) >= 11 is 3.51. The second-order valence-corrected chi connectivity index (χ2v) is 6.21. The van der Waals surface area contributed by atoms with Crippen LogP contribution < -0.4 is 4.90 Å². The molecule has 0 unspecified atom stereocenters. The molecule has 0 saturated carbocycles. The highest BCUT2D eigenvalue weighted by molar-refractivity contribution is 9.10. The lowest BCUT2D eigenvalue weighted by atomic mass is 10.0. The van der Waals surface area contributed by atoms with Crippen LogP contribution in [0.2, 0.25) is 0 Å². The summed E-state index contributed by atoms with van der Waals surface area (Å²) in [5.41, 5.74) is 1.24. The second-order valence-electron chi connectivity index (χ2n) is 5.29. The first-order valence-corrected chi connectivity index (χ1v) is 8.01. The summed E-state index contributed by atoms with van der Waals surface area (Å²) in [6, 6.07) is 12.8. The Morgan fingerprint density at radius 2 is 1.95 bits per heavy atom. The molecule has 0 aliphatic carbocycles. The number of nitrogens with zero attached hydrogens (tertiary/aromatic N) is 4. The van der Waals surface area contributed by atoms with Crippen molar-refractivity contribution in [1.29, 1.82) is 10.5 Å². The highest BCUT2D eigenvalue weighted by Gasteiger charge is 2.20. The molecule has 0 aromatic heterocycles. The third kappa shape index (κ3) is 4.74. The SMILES string of the molecule is N#CCC[C@@H](C#N)CN1CCN(c2cccc(Br)c2)CC1. The van der Waals surface area contributed by atoms with E-state index in [1.54, 1.807) is 0 Å². The van der Waals surface area contributed by atoms with Crippen LogP contribution in [0.3, 0.4) is 0 Å². The molecule has 0 bridgehead atoms. The normalized spacial score (nSPS) is 17.0. The quantitative estimate of drug-likeness (QED) is 0.822. The molecule has 1 heterocycles. The van der Waals surface area contributed by atoms with E-state index in [9.17, 15) is 0 Å². The van der Waals surface area contributed by atoms with Gasteiger partial charge in [-0.15, -0.1) is 0 Å². The predicted molar refractivity (Wildman–Crippen MR) is 86.7 cm³/mol. The Hall–Kier alpha value is -1.56. The minimum atomic E-state index is -0.0259. The fraction of sp³-hybridized carbons (Fsp3) is 0.500. The van der Waals surface area contributed by atoms with E-state index >= 15 is 0 Å². The molecule has 2 rings (SSSR count). The molecular formula is C16H19BrN4. The summed E-state index contributed by atoms with van der Waals surface area (Å²) in [6.07, 6.45) is 1.15. The molecule has 1 aliphatic rings. The summed E-state index contributed by atoms with van der Waals surface area (Å²) in [5, 5.41) is 17.8. The fourth-order valence-corrected chi connectivity index (χ4v) is 3.00. The average Bonchev–Trinajstić information content (AvgIpc) is 2.52. The van der Waals surface area contributed by atoms with Gasteiger partial charge in [-0.05, 0) is 24.6 Å². The Labute approximate surface area is 134 Å². The van der Waals surface area contributed by atoms with Crippen LogP contribution in [-0.2, 0) is 0 Å². The highest BCUT2D eigenvalue weighted by Crippen LogP contribution is 2.21. The van der Waals surface area contributed by atoms with Gasteiger partial charge in [0.25, 0.3) is 0 Å². The van der Waals surface area contributed by atoms with Crippen molar-refractivity contribution in [1.82, 2.24) is 4.90 Å². The molecule has 1 fully saturated rings. The Morgan fingerprint density at radius 3 is 2.57 bits per heavy atom. The lowest BCUT2D eigenvalue weighted by molar-refractivity contribution is 0.233. The van der Waals surface area contributed by atoms with Gasteiger partial charge in [-0.25, -0.2) is 0 Å². The number of rotatable bonds is 5. The largest absolute Gasteiger partial charge is 0.369 e. The van der Waals surface area contributed by atoms with Crippen molar-refractivity contribution in [2.24, 2.45) is 5.92 Å². The molecule has 110 valence electrons. The van der Waals surface area contributed by atoms with Gasteiger partial charge in [0.15, 0.2) is 0 Å². The Kier molecular flexibility index (Phi) is 6.04. The smallest absolute Gasteiger partial charge is 0.0669 e. The van der Waals surface area contributed by atoms with Crippen LogP contribution in [0.5, 0.6) is 0 Å². The van der Waals surface area contributed by atoms with Gasteiger partial charge >= 0.3 is 0 Å². The van der Waals surface area contributed by atoms with Crippen LogP contribution >= 0.6 is 15.9 Å². The van der Waals surface area contributed by atoms with Gasteiger partial charge in [0.1, 0.15) is 0 Å². The van der Waals surface area contributed by atoms with Gasteiger partial charge in [0.05, 0.1) is 18.1 Å². The number of hydrogen-bond donors (Lipinski definition) is 0. The standard InChI is InChI=1S/C16H19BrN4/c17-15-4-1-5-16(11-15)21-9-7-20(8-10-21)13-14(12-19)3-2-6-18/h1,4-5,11,14H,2-3,7-10,13H2/t14-/m0/s1. The van der Waals surface area contributed by atoms with Crippen LogP contribution in [0.4, 0.5) is 5.69 Å². The number of anilines is 1. The van der Waals surface area contributed by atoms with E-state index in [1.165, 1.54) is 5.69 Å². The Balaban J connectivity index is 1.83. The first-order valence-electron chi connectivity index (χ1n) is 7.22. The second kappa shape index (κ2) is 8.02. The minimum absolute atomic E-state index is 0.0259. The summed E-state index contributed by atoms with van der Waals surface area (Å²) in [5.74, 6) is -0.0259. The molecule has 1 aliphatic heterocycles. The first-order chi connectivity index (χ1) is 10.2. The molecule has 4 nitrogen and oxygen atoms in total. The van der Waals surface area contributed by atoms with Crippen molar-refractivity contribution in [2.75, 3.05) is 37.6 Å². The molecule has 1 aromatic carbocycles. The summed E-state index contributed by atoms with van der Waals surface area (Å²) in [6.45, 7) is 4.68. The highest BCUT2D eigenvalue weighted by atomic mass is 79.9. The van der Waals surface area contributed by atoms with E-state index in [0.29, 0.717) is 12.8 Å². The molecule has 1 saturated heterocycles. The summed E-state index contributed by atoms with van der Waals surface area (Å²) < 4.78 is 1.10. The molecule has 1 aromatic rings. The average molecular weight is 347 g/mol. The molecule has 5 heteroatoms. The minimum Gasteiger partial charge on any atom is -0.369 e. The Morgan fingerprint density at radius 1 is 1.19 bits per heavy atom. The number of benzene rings is 1. The van der Waals surface area contributed by atoms with Gasteiger partial charge < -0.3 is 4.90 Å². The number of halogens is 1. The zero-order valence-corrected chi connectivity index (χ0v) is 13.6. The molecule has 0 spiro atoms. The maximum atomic E-state index is 9.14. The summed E-state index contributed by atoms with van der Waals surface area (Å²) in [4.78, 5) is 4.71. The van der Waals surface area contributed by atoms with Gasteiger partial charge in [0, 0.05) is 49.3 Å². The molecular weight excluding hydrogens is 328 g/mol. The molecule has 21 heavy (non-hydrogen) atoms. The number of piperazine rings is 1. The number of hydrogen-bond acceptors (Lipinski definition) is 4. The van der Waals surface area contributed by atoms with E-state index in [-0.39, 0.29) is 5.92 Å². The van der Waals surface area contributed by atoms with Gasteiger partial charge in [-0.3, -0.25) is 4.90 Å². The lowest BCUT2D eigenvalue weighted by Crippen LogP contribution is -2.47. The van der Waals surface area contributed by atoms with E-state index in [1.807, 2.05) is 6.07 Å². The summed E-state index contributed by atoms with van der Waals surface area (Å²) in [7, 11) is 0. The first kappa shape index (κ1) is 15.8. The van der Waals surface area contributed by atoms with Crippen molar-refractivity contribution in [3.8, 4) is 12.1 Å². The molecule has 0 amide bonds. The third-order valence-electron chi connectivity index (χ3n) is 3.81. The lowest BCUT2D eigenvalue weighted by Gasteiger charge is -2.36. The van der Waals surface area contributed by atoms with Gasteiger partial charge in [-0.2, -0.15) is 10.5 Å². The van der Waals surface area contributed by atoms with E-state index in [4.69, 9.17) is 10.5 Å². The van der Waals surface area contributed by atoms with Crippen molar-refractivity contribution < 1.29 is 0 Å². The van der Waals surface area contributed by atoms with Gasteiger partial charge in [-0.1, -0.05) is 22.0 Å². The van der Waals surface area contributed by atoms with Crippen molar-refractivity contribution in [3.05, 3.63) is 28.7 Å². The zero-order chi connectivity index (χ0) is 15.1. The fourth-order valence-electron chi connectivity index (χ4n) is 2.61. The van der Waals surface area contributed by atoms with Crippen molar-refractivity contribution in [2.45, 2.75) is 12.8 Å². The van der Waals surface area contributed by atoms with Crippen LogP contribution in [0.15, 0.2) is 28.7 Å². The van der Waals surface area contributed by atoms with Crippen molar-refractivity contribution in [3.63, 3.8) is 0 Å². The molecule has 1 atom stereocenters. The zero-order valence-electron chi connectivity index (χ0n) is 12.0. The predicted octanol–water partition coefficient (Wildman–Crippen LogP) is 3.01. The van der Waals surface area contributed by atoms with Crippen LogP contribution in [0.1, 0.15) is 12.8 Å². The van der Waals surface area contributed by atoms with E-state index in [0.717, 1.165) is 37.2 Å². The van der Waals surface area contributed by atoms with Crippen LogP contribution in [0, 0.1) is 28.6 Å². The molecule has 0 radical (unpaired) electrons. The van der Waals surface area contributed by atoms with Crippen molar-refractivity contribution >= 4 is 21.6 Å². The van der Waals surface area contributed by atoms with Crippen LogP contribution in [-0.4, -0.2) is 37.6 Å². The maximum absolute atomic E-state index is 9.14. The maximum Gasteiger partial charge on any atom is 0.0669 e. The third-order valence-corrected chi connectivity index (χ3v) is 4.30. The topological polar surface area (TPSA) is 54.1 Å². The van der Waals surface area contributed by atoms with E-state index < -0.39 is 0 Å². The van der Waals surface area contributed by atoms with Crippen LogP contribution in [0.25, 0.3) is 0 Å². The van der Waals surface area contributed by atoms with E-state index in [2.05, 4.69) is 56.1 Å². The van der Waals surface area contributed by atoms with Gasteiger partial charge in [0.2, 0.25) is 0 Å².